The number of benzene rings is 3. The molecule has 1 amide bonds. The minimum Gasteiger partial charge on any atom is -0.372 e. The number of sulfonamides is 1. The molecule has 1 heterocycles. The highest BCUT2D eigenvalue weighted by Gasteiger charge is 2.19. The van der Waals surface area contributed by atoms with Crippen LogP contribution >= 0.6 is 0 Å². The smallest absolute Gasteiger partial charge is 0.251 e. The summed E-state index contributed by atoms with van der Waals surface area (Å²) in [6.45, 7) is 6.84. The highest BCUT2D eigenvalue weighted by atomic mass is 32.2. The van der Waals surface area contributed by atoms with Crippen LogP contribution in [0.1, 0.15) is 45.5 Å². The lowest BCUT2D eigenvalue weighted by atomic mass is 10.1. The molecule has 1 N–H and O–H groups in total. The van der Waals surface area contributed by atoms with Crippen molar-refractivity contribution in [1.82, 2.24) is 5.32 Å². The summed E-state index contributed by atoms with van der Waals surface area (Å²) in [4.78, 5) is 15.0. The van der Waals surface area contributed by atoms with Crippen molar-refractivity contribution < 1.29 is 13.2 Å². The van der Waals surface area contributed by atoms with Crippen molar-refractivity contribution in [3.8, 4) is 0 Å². The van der Waals surface area contributed by atoms with Crippen LogP contribution in [0.4, 0.5) is 11.4 Å². The molecule has 0 aliphatic carbocycles. The van der Waals surface area contributed by atoms with Crippen molar-refractivity contribution in [1.29, 1.82) is 0 Å². The predicted molar refractivity (Wildman–Crippen MR) is 142 cm³/mol. The van der Waals surface area contributed by atoms with Gasteiger partial charge < -0.3 is 10.2 Å². The number of aryl methyl sites for hydroxylation is 2. The van der Waals surface area contributed by atoms with E-state index >= 15 is 0 Å². The first-order valence-corrected chi connectivity index (χ1v) is 13.8. The number of rotatable bonds is 8. The first-order valence-electron chi connectivity index (χ1n) is 12.0. The molecule has 0 radical (unpaired) electrons. The van der Waals surface area contributed by atoms with Crippen molar-refractivity contribution >= 4 is 27.3 Å². The Morgan fingerprint density at radius 1 is 0.886 bits per heavy atom. The minimum atomic E-state index is -3.47. The number of hydrogen-bond acceptors (Lipinski definition) is 4. The largest absolute Gasteiger partial charge is 0.372 e. The second-order valence-corrected chi connectivity index (χ2v) is 11.2. The van der Waals surface area contributed by atoms with E-state index in [1.54, 1.807) is 24.3 Å². The zero-order chi connectivity index (χ0) is 25.0. The van der Waals surface area contributed by atoms with Crippen LogP contribution in [-0.4, -0.2) is 33.7 Å². The Labute approximate surface area is 208 Å². The average molecular weight is 492 g/mol. The Kier molecular flexibility index (Phi) is 7.45. The van der Waals surface area contributed by atoms with Gasteiger partial charge in [0.05, 0.1) is 18.5 Å². The Bertz CT molecular complexity index is 1280. The van der Waals surface area contributed by atoms with Gasteiger partial charge in [-0.25, -0.2) is 8.42 Å². The number of hydrogen-bond donors (Lipinski definition) is 1. The van der Waals surface area contributed by atoms with E-state index in [1.807, 2.05) is 32.0 Å². The Hall–Kier alpha value is -3.32. The average Bonchev–Trinajstić information content (AvgIpc) is 3.38. The number of nitrogens with one attached hydrogen (secondary N) is 1. The van der Waals surface area contributed by atoms with Crippen LogP contribution in [0.3, 0.4) is 0 Å². The van der Waals surface area contributed by atoms with Gasteiger partial charge in [0.25, 0.3) is 5.91 Å². The number of carbonyl (C=O) groups is 1. The molecule has 0 bridgehead atoms. The second kappa shape index (κ2) is 10.5. The lowest BCUT2D eigenvalue weighted by molar-refractivity contribution is 0.0951. The van der Waals surface area contributed by atoms with E-state index < -0.39 is 10.0 Å². The second-order valence-electron chi connectivity index (χ2n) is 9.28. The van der Waals surface area contributed by atoms with Crippen LogP contribution in [0.5, 0.6) is 0 Å². The molecule has 1 aliphatic heterocycles. The van der Waals surface area contributed by atoms with Gasteiger partial charge in [-0.05, 0) is 85.3 Å². The summed E-state index contributed by atoms with van der Waals surface area (Å²) >= 11 is 0. The van der Waals surface area contributed by atoms with Gasteiger partial charge in [-0.15, -0.1) is 0 Å². The maximum Gasteiger partial charge on any atom is 0.251 e. The molecular weight excluding hydrogens is 458 g/mol. The van der Waals surface area contributed by atoms with E-state index in [-0.39, 0.29) is 12.5 Å². The molecule has 0 spiro atoms. The standard InChI is InChI=1S/C28H33N3O3S/c1-21-6-13-27(18-22(21)2)31(35(3,33)34)20-24-7-11-25(12-8-24)28(32)29-19-23-9-14-26(15-10-23)30-16-4-5-17-30/h6-15,18H,4-5,16-17,19-20H2,1-3H3,(H,29,32). The molecule has 0 unspecified atom stereocenters. The van der Waals surface area contributed by atoms with Crippen LogP contribution < -0.4 is 14.5 Å². The minimum absolute atomic E-state index is 0.158. The summed E-state index contributed by atoms with van der Waals surface area (Å²) in [6, 6.07) is 21.1. The first kappa shape index (κ1) is 24.8. The van der Waals surface area contributed by atoms with Crippen LogP contribution in [0.25, 0.3) is 0 Å². The Morgan fingerprint density at radius 2 is 1.51 bits per heavy atom. The quantitative estimate of drug-likeness (QED) is 0.491. The van der Waals surface area contributed by atoms with Gasteiger partial charge in [0.15, 0.2) is 0 Å². The fourth-order valence-corrected chi connectivity index (χ4v) is 5.17. The molecule has 1 fully saturated rings. The molecule has 3 aromatic carbocycles. The molecule has 0 atom stereocenters. The van der Waals surface area contributed by atoms with Gasteiger partial charge in [-0.2, -0.15) is 0 Å². The summed E-state index contributed by atoms with van der Waals surface area (Å²) in [5.74, 6) is -0.158. The van der Waals surface area contributed by atoms with Gasteiger partial charge in [0.1, 0.15) is 0 Å². The summed E-state index contributed by atoms with van der Waals surface area (Å²) < 4.78 is 26.4. The van der Waals surface area contributed by atoms with E-state index in [0.29, 0.717) is 17.8 Å². The third-order valence-electron chi connectivity index (χ3n) is 6.58. The molecule has 6 nitrogen and oxygen atoms in total. The molecule has 184 valence electrons. The van der Waals surface area contributed by atoms with Crippen molar-refractivity contribution in [3.63, 3.8) is 0 Å². The summed E-state index contributed by atoms with van der Waals surface area (Å²) in [5.41, 5.74) is 6.41. The topological polar surface area (TPSA) is 69.7 Å². The monoisotopic (exact) mass is 491 g/mol. The summed E-state index contributed by atoms with van der Waals surface area (Å²) in [5, 5.41) is 2.97. The van der Waals surface area contributed by atoms with E-state index in [4.69, 9.17) is 0 Å². The van der Waals surface area contributed by atoms with E-state index in [9.17, 15) is 13.2 Å². The third kappa shape index (κ3) is 6.22. The Balaban J connectivity index is 1.38. The number of nitrogens with zero attached hydrogens (tertiary/aromatic N) is 2. The fraction of sp³-hybridized carbons (Fsp3) is 0.321. The lowest BCUT2D eigenvalue weighted by Gasteiger charge is -2.23. The summed E-state index contributed by atoms with van der Waals surface area (Å²) in [6.07, 6.45) is 3.70. The highest BCUT2D eigenvalue weighted by molar-refractivity contribution is 7.92. The SMILES string of the molecule is Cc1ccc(N(Cc2ccc(C(=O)NCc3ccc(N4CCCC4)cc3)cc2)S(C)(=O)=O)cc1C. The van der Waals surface area contributed by atoms with Gasteiger partial charge in [-0.3, -0.25) is 9.10 Å². The molecule has 1 aliphatic rings. The van der Waals surface area contributed by atoms with Gasteiger partial charge >= 0.3 is 0 Å². The third-order valence-corrected chi connectivity index (χ3v) is 7.72. The van der Waals surface area contributed by atoms with Crippen molar-refractivity contribution in [2.24, 2.45) is 0 Å². The molecule has 1 saturated heterocycles. The number of amides is 1. The van der Waals surface area contributed by atoms with Crippen LogP contribution in [0, 0.1) is 13.8 Å². The molecule has 35 heavy (non-hydrogen) atoms. The van der Waals surface area contributed by atoms with Crippen LogP contribution in [0.2, 0.25) is 0 Å². The molecular formula is C28H33N3O3S. The normalized spacial score (nSPS) is 13.6. The van der Waals surface area contributed by atoms with Crippen molar-refractivity contribution in [2.75, 3.05) is 28.6 Å². The Morgan fingerprint density at radius 3 is 2.11 bits per heavy atom. The van der Waals surface area contributed by atoms with E-state index in [2.05, 4.69) is 34.5 Å². The fourth-order valence-electron chi connectivity index (χ4n) is 4.29. The van der Waals surface area contributed by atoms with Gasteiger partial charge in [-0.1, -0.05) is 30.3 Å². The summed E-state index contributed by atoms with van der Waals surface area (Å²) in [7, 11) is -3.47. The number of carbonyl (C=O) groups excluding carboxylic acids is 1. The van der Waals surface area contributed by atoms with Crippen molar-refractivity contribution in [3.05, 3.63) is 94.5 Å². The van der Waals surface area contributed by atoms with Crippen molar-refractivity contribution in [2.45, 2.75) is 39.8 Å². The molecule has 7 heteroatoms. The zero-order valence-electron chi connectivity index (χ0n) is 20.6. The van der Waals surface area contributed by atoms with Crippen LogP contribution in [0.15, 0.2) is 66.7 Å². The zero-order valence-corrected chi connectivity index (χ0v) is 21.4. The number of anilines is 2. The molecule has 0 aromatic heterocycles. The lowest BCUT2D eigenvalue weighted by Crippen LogP contribution is -2.29. The molecule has 4 rings (SSSR count). The van der Waals surface area contributed by atoms with Gasteiger partial charge in [0, 0.05) is 30.9 Å². The van der Waals surface area contributed by atoms with Gasteiger partial charge in [0.2, 0.25) is 10.0 Å². The molecule has 0 saturated carbocycles. The molecule has 3 aromatic rings. The van der Waals surface area contributed by atoms with Crippen LogP contribution in [-0.2, 0) is 23.1 Å². The van der Waals surface area contributed by atoms with E-state index in [1.165, 1.54) is 29.1 Å². The highest BCUT2D eigenvalue weighted by Crippen LogP contribution is 2.24. The van der Waals surface area contributed by atoms with E-state index in [0.717, 1.165) is 35.3 Å². The first-order chi connectivity index (χ1) is 16.7. The maximum atomic E-state index is 12.7. The maximum absolute atomic E-state index is 12.7. The predicted octanol–water partition coefficient (Wildman–Crippen LogP) is 4.80.